The van der Waals surface area contributed by atoms with Gasteiger partial charge in [0.05, 0.1) is 5.75 Å². The molecule has 0 bridgehead atoms. The van der Waals surface area contributed by atoms with Crippen LogP contribution in [0.1, 0.15) is 12.0 Å². The van der Waals surface area contributed by atoms with Crippen LogP contribution in [0.3, 0.4) is 0 Å². The Morgan fingerprint density at radius 2 is 1.77 bits per heavy atom. The predicted octanol–water partition coefficient (Wildman–Crippen LogP) is 2.19. The standard InChI is InChI=1S/C9H11ClO2S/c10-13(11,12)8-4-7-9-5-2-1-3-6-9/h1-3,5-6H,4,7-8H2. The summed E-state index contributed by atoms with van der Waals surface area (Å²) in [5, 5.41) is 0. The summed E-state index contributed by atoms with van der Waals surface area (Å²) in [5.74, 6) is 0.0451. The van der Waals surface area contributed by atoms with Gasteiger partial charge in [-0.3, -0.25) is 0 Å². The van der Waals surface area contributed by atoms with Crippen molar-refractivity contribution in [3.05, 3.63) is 35.9 Å². The molecule has 72 valence electrons. The van der Waals surface area contributed by atoms with E-state index in [2.05, 4.69) is 0 Å². The van der Waals surface area contributed by atoms with Gasteiger partial charge in [-0.2, -0.15) is 0 Å². The largest absolute Gasteiger partial charge is 0.232 e. The van der Waals surface area contributed by atoms with Gasteiger partial charge >= 0.3 is 0 Å². The van der Waals surface area contributed by atoms with Crippen molar-refractivity contribution in [1.82, 2.24) is 0 Å². The third kappa shape index (κ3) is 4.90. The lowest BCUT2D eigenvalue weighted by Gasteiger charge is -1.98. The molecular weight excluding hydrogens is 208 g/mol. The summed E-state index contributed by atoms with van der Waals surface area (Å²) >= 11 is 0. The number of hydrogen-bond acceptors (Lipinski definition) is 2. The third-order valence-electron chi connectivity index (χ3n) is 1.70. The molecule has 1 aromatic rings. The van der Waals surface area contributed by atoms with Gasteiger partial charge in [0.2, 0.25) is 9.05 Å². The summed E-state index contributed by atoms with van der Waals surface area (Å²) in [6, 6.07) is 9.75. The van der Waals surface area contributed by atoms with Gasteiger partial charge in [-0.25, -0.2) is 8.42 Å². The number of halogens is 1. The summed E-state index contributed by atoms with van der Waals surface area (Å²) in [5.41, 5.74) is 1.14. The highest BCUT2D eigenvalue weighted by Gasteiger charge is 2.03. The molecule has 0 radical (unpaired) electrons. The van der Waals surface area contributed by atoms with Crippen molar-refractivity contribution in [3.8, 4) is 0 Å². The second-order valence-electron chi connectivity index (χ2n) is 2.83. The van der Waals surface area contributed by atoms with E-state index < -0.39 is 9.05 Å². The Labute approximate surface area is 83.0 Å². The molecule has 0 saturated heterocycles. The van der Waals surface area contributed by atoms with Crippen LogP contribution >= 0.6 is 10.7 Å². The molecule has 0 amide bonds. The van der Waals surface area contributed by atoms with Crippen molar-refractivity contribution in [2.45, 2.75) is 12.8 Å². The lowest BCUT2D eigenvalue weighted by molar-refractivity contribution is 0.607. The van der Waals surface area contributed by atoms with Crippen LogP contribution in [0.2, 0.25) is 0 Å². The molecule has 0 aliphatic heterocycles. The van der Waals surface area contributed by atoms with Crippen molar-refractivity contribution in [1.29, 1.82) is 0 Å². The molecule has 0 atom stereocenters. The Balaban J connectivity index is 2.37. The molecule has 0 aromatic heterocycles. The highest BCUT2D eigenvalue weighted by molar-refractivity contribution is 8.13. The van der Waals surface area contributed by atoms with Crippen molar-refractivity contribution in [3.63, 3.8) is 0 Å². The van der Waals surface area contributed by atoms with Gasteiger partial charge < -0.3 is 0 Å². The second kappa shape index (κ2) is 4.63. The predicted molar refractivity (Wildman–Crippen MR) is 54.4 cm³/mol. The molecule has 2 nitrogen and oxygen atoms in total. The highest BCUT2D eigenvalue weighted by Crippen LogP contribution is 2.05. The first-order valence-corrected chi connectivity index (χ1v) is 6.52. The Morgan fingerprint density at radius 1 is 1.15 bits per heavy atom. The van der Waals surface area contributed by atoms with Crippen molar-refractivity contribution >= 4 is 19.7 Å². The van der Waals surface area contributed by atoms with Crippen molar-refractivity contribution < 1.29 is 8.42 Å². The fraction of sp³-hybridized carbons (Fsp3) is 0.333. The van der Waals surface area contributed by atoms with E-state index in [-0.39, 0.29) is 5.75 Å². The van der Waals surface area contributed by atoms with Crippen LogP contribution < -0.4 is 0 Å². The SMILES string of the molecule is O=S(=O)(Cl)CCCc1ccccc1. The van der Waals surface area contributed by atoms with E-state index in [1.165, 1.54) is 0 Å². The van der Waals surface area contributed by atoms with Crippen LogP contribution in [-0.2, 0) is 15.5 Å². The molecule has 1 rings (SSSR count). The number of aryl methyl sites for hydroxylation is 1. The zero-order chi connectivity index (χ0) is 9.73. The van der Waals surface area contributed by atoms with E-state index in [1.807, 2.05) is 30.3 Å². The summed E-state index contributed by atoms with van der Waals surface area (Å²) in [6.07, 6.45) is 1.34. The van der Waals surface area contributed by atoms with E-state index in [9.17, 15) is 8.42 Å². The average Bonchev–Trinajstić information content (AvgIpc) is 2.04. The van der Waals surface area contributed by atoms with Gasteiger partial charge in [-0.1, -0.05) is 30.3 Å². The maximum Gasteiger partial charge on any atom is 0.232 e. The minimum absolute atomic E-state index is 0.0451. The summed E-state index contributed by atoms with van der Waals surface area (Å²) in [6.45, 7) is 0. The number of rotatable bonds is 4. The molecule has 1 aromatic carbocycles. The number of benzene rings is 1. The molecule has 0 unspecified atom stereocenters. The smallest absolute Gasteiger partial charge is 0.212 e. The first-order chi connectivity index (χ1) is 6.08. The van der Waals surface area contributed by atoms with E-state index >= 15 is 0 Å². The Kier molecular flexibility index (Phi) is 3.75. The van der Waals surface area contributed by atoms with Gasteiger partial charge in [0.15, 0.2) is 0 Å². The zero-order valence-electron chi connectivity index (χ0n) is 7.11. The van der Waals surface area contributed by atoms with Crippen molar-refractivity contribution in [2.24, 2.45) is 0 Å². The quantitative estimate of drug-likeness (QED) is 0.726. The fourth-order valence-corrected chi connectivity index (χ4v) is 1.91. The third-order valence-corrected chi connectivity index (χ3v) is 2.94. The van der Waals surface area contributed by atoms with Gasteiger partial charge in [0, 0.05) is 10.7 Å². The Hall–Kier alpha value is -0.540. The lowest BCUT2D eigenvalue weighted by atomic mass is 10.1. The average molecular weight is 219 g/mol. The van der Waals surface area contributed by atoms with E-state index in [0.29, 0.717) is 6.42 Å². The monoisotopic (exact) mass is 218 g/mol. The van der Waals surface area contributed by atoms with Crippen LogP contribution in [0.25, 0.3) is 0 Å². The first kappa shape index (κ1) is 10.5. The molecule has 0 fully saturated rings. The minimum atomic E-state index is -3.32. The van der Waals surface area contributed by atoms with Gasteiger partial charge in [0.1, 0.15) is 0 Å². The van der Waals surface area contributed by atoms with E-state index in [1.54, 1.807) is 0 Å². The molecule has 4 heteroatoms. The van der Waals surface area contributed by atoms with Gasteiger partial charge in [-0.15, -0.1) is 0 Å². The van der Waals surface area contributed by atoms with E-state index in [4.69, 9.17) is 10.7 Å². The molecule has 0 saturated carbocycles. The molecule has 0 spiro atoms. The number of hydrogen-bond donors (Lipinski definition) is 0. The lowest BCUT2D eigenvalue weighted by Crippen LogP contribution is -1.98. The normalized spacial score (nSPS) is 11.5. The highest BCUT2D eigenvalue weighted by atomic mass is 35.7. The second-order valence-corrected chi connectivity index (χ2v) is 5.73. The first-order valence-electron chi connectivity index (χ1n) is 4.04. The van der Waals surface area contributed by atoms with Gasteiger partial charge in [0.25, 0.3) is 0 Å². The van der Waals surface area contributed by atoms with E-state index in [0.717, 1.165) is 12.0 Å². The molecule has 0 aliphatic rings. The van der Waals surface area contributed by atoms with Crippen LogP contribution in [-0.4, -0.2) is 14.2 Å². The van der Waals surface area contributed by atoms with Crippen LogP contribution in [0, 0.1) is 0 Å². The Bertz CT molecular complexity index is 345. The molecule has 0 aliphatic carbocycles. The van der Waals surface area contributed by atoms with Gasteiger partial charge in [-0.05, 0) is 18.4 Å². The van der Waals surface area contributed by atoms with Crippen molar-refractivity contribution in [2.75, 3.05) is 5.75 Å². The molecular formula is C9H11ClO2S. The summed E-state index contributed by atoms with van der Waals surface area (Å²) in [7, 11) is 1.75. The summed E-state index contributed by atoms with van der Waals surface area (Å²) in [4.78, 5) is 0. The Morgan fingerprint density at radius 3 is 2.31 bits per heavy atom. The zero-order valence-corrected chi connectivity index (χ0v) is 8.68. The fourth-order valence-electron chi connectivity index (χ4n) is 1.09. The van der Waals surface area contributed by atoms with Crippen LogP contribution in [0.15, 0.2) is 30.3 Å². The minimum Gasteiger partial charge on any atom is -0.212 e. The van der Waals surface area contributed by atoms with Crippen LogP contribution in [0.5, 0.6) is 0 Å². The maximum atomic E-state index is 10.6. The maximum absolute atomic E-state index is 10.6. The summed E-state index contributed by atoms with van der Waals surface area (Å²) < 4.78 is 21.2. The van der Waals surface area contributed by atoms with Crippen LogP contribution in [0.4, 0.5) is 0 Å². The molecule has 13 heavy (non-hydrogen) atoms. The topological polar surface area (TPSA) is 34.1 Å². The molecule has 0 N–H and O–H groups in total. The molecule has 0 heterocycles.